The molecule has 0 aliphatic heterocycles. The second-order valence-corrected chi connectivity index (χ2v) is 5.02. The number of anilines is 1. The van der Waals surface area contributed by atoms with Crippen LogP contribution in [0.1, 0.15) is 18.2 Å². The van der Waals surface area contributed by atoms with Crippen LogP contribution in [0.5, 0.6) is 5.75 Å². The minimum absolute atomic E-state index is 0.0895. The number of aromatic nitrogens is 2. The molecular formula is C16H21N3O2. The fourth-order valence-electron chi connectivity index (χ4n) is 2.18. The smallest absolute Gasteiger partial charge is 0.151 e. The van der Waals surface area contributed by atoms with Gasteiger partial charge >= 0.3 is 0 Å². The van der Waals surface area contributed by atoms with E-state index >= 15 is 0 Å². The van der Waals surface area contributed by atoms with Crippen LogP contribution in [0.4, 0.5) is 5.82 Å². The molecule has 0 spiro atoms. The highest BCUT2D eigenvalue weighted by Gasteiger charge is 2.14. The molecule has 1 aromatic carbocycles. The molecule has 1 aromatic heterocycles. The van der Waals surface area contributed by atoms with Crippen LogP contribution in [-0.4, -0.2) is 35.5 Å². The summed E-state index contributed by atoms with van der Waals surface area (Å²) in [7, 11) is 3.68. The first-order valence-electron chi connectivity index (χ1n) is 6.94. The maximum atomic E-state index is 9.00. The molecule has 112 valence electrons. The number of aliphatic hydroxyl groups is 1. The van der Waals surface area contributed by atoms with Crippen LogP contribution in [0.3, 0.4) is 0 Å². The van der Waals surface area contributed by atoms with Crippen LogP contribution in [0.25, 0.3) is 0 Å². The van der Waals surface area contributed by atoms with Gasteiger partial charge in [-0.3, -0.25) is 0 Å². The second-order valence-electron chi connectivity index (χ2n) is 5.02. The maximum Gasteiger partial charge on any atom is 0.151 e. The van der Waals surface area contributed by atoms with Gasteiger partial charge in [0.1, 0.15) is 5.75 Å². The first kappa shape index (κ1) is 15.3. The normalized spacial score (nSPS) is 12.0. The van der Waals surface area contributed by atoms with Gasteiger partial charge in [-0.05, 0) is 37.1 Å². The largest absolute Gasteiger partial charge is 0.496 e. The summed E-state index contributed by atoms with van der Waals surface area (Å²) in [6.07, 6.45) is 0.851. The molecule has 5 nitrogen and oxygen atoms in total. The molecule has 0 saturated heterocycles. The van der Waals surface area contributed by atoms with Crippen molar-refractivity contribution in [3.05, 3.63) is 47.7 Å². The van der Waals surface area contributed by atoms with Crippen molar-refractivity contribution in [3.8, 4) is 5.75 Å². The van der Waals surface area contributed by atoms with Crippen molar-refractivity contribution in [2.45, 2.75) is 26.0 Å². The van der Waals surface area contributed by atoms with Crippen molar-refractivity contribution in [2.24, 2.45) is 0 Å². The Morgan fingerprint density at radius 2 is 1.95 bits per heavy atom. The van der Waals surface area contributed by atoms with Gasteiger partial charge in [0.25, 0.3) is 0 Å². The summed E-state index contributed by atoms with van der Waals surface area (Å²) in [5.74, 6) is 1.69. The number of para-hydroxylation sites is 1. The Morgan fingerprint density at radius 3 is 2.57 bits per heavy atom. The highest BCUT2D eigenvalue weighted by Crippen LogP contribution is 2.21. The number of nitrogens with zero attached hydrogens (tertiary/aromatic N) is 3. The number of aliphatic hydroxyl groups excluding tert-OH is 1. The summed E-state index contributed by atoms with van der Waals surface area (Å²) in [4.78, 5) is 2.07. The van der Waals surface area contributed by atoms with Crippen LogP contribution < -0.4 is 9.64 Å². The SMILES string of the molecule is COc1ccccc1CC(C)N(C)c1ccc(CO)nn1. The van der Waals surface area contributed by atoms with Gasteiger partial charge in [0, 0.05) is 13.1 Å². The lowest BCUT2D eigenvalue weighted by atomic mass is 10.1. The summed E-state index contributed by atoms with van der Waals surface area (Å²) >= 11 is 0. The fraction of sp³-hybridized carbons (Fsp3) is 0.375. The zero-order chi connectivity index (χ0) is 15.2. The molecule has 1 heterocycles. The van der Waals surface area contributed by atoms with E-state index in [1.54, 1.807) is 13.2 Å². The highest BCUT2D eigenvalue weighted by molar-refractivity contribution is 5.40. The summed E-state index contributed by atoms with van der Waals surface area (Å²) < 4.78 is 5.39. The van der Waals surface area contributed by atoms with Crippen molar-refractivity contribution in [1.29, 1.82) is 0 Å². The van der Waals surface area contributed by atoms with E-state index < -0.39 is 0 Å². The molecule has 0 fully saturated rings. The highest BCUT2D eigenvalue weighted by atomic mass is 16.5. The summed E-state index contributed by atoms with van der Waals surface area (Å²) in [5.41, 5.74) is 1.74. The zero-order valence-electron chi connectivity index (χ0n) is 12.7. The molecule has 21 heavy (non-hydrogen) atoms. The van der Waals surface area contributed by atoms with Gasteiger partial charge in [0.05, 0.1) is 19.4 Å². The first-order chi connectivity index (χ1) is 10.2. The van der Waals surface area contributed by atoms with E-state index in [2.05, 4.69) is 28.1 Å². The maximum absolute atomic E-state index is 9.00. The molecule has 0 radical (unpaired) electrons. The molecule has 1 atom stereocenters. The molecule has 0 aliphatic rings. The minimum atomic E-state index is -0.0895. The van der Waals surface area contributed by atoms with E-state index in [-0.39, 0.29) is 12.6 Å². The van der Waals surface area contributed by atoms with Gasteiger partial charge in [0.15, 0.2) is 5.82 Å². The topological polar surface area (TPSA) is 58.5 Å². The molecule has 2 aromatic rings. The second kappa shape index (κ2) is 7.04. The number of hydrogen-bond donors (Lipinski definition) is 1. The third-order valence-corrected chi connectivity index (χ3v) is 3.60. The molecule has 0 amide bonds. The number of benzene rings is 1. The summed E-state index contributed by atoms with van der Waals surface area (Å²) in [6, 6.07) is 11.9. The van der Waals surface area contributed by atoms with Crippen LogP contribution in [0.2, 0.25) is 0 Å². The van der Waals surface area contributed by atoms with E-state index in [9.17, 15) is 0 Å². The van der Waals surface area contributed by atoms with Crippen molar-refractivity contribution >= 4 is 5.82 Å². The Bertz CT molecular complexity index is 572. The molecule has 5 heteroatoms. The molecule has 0 saturated carbocycles. The third kappa shape index (κ3) is 3.70. The van der Waals surface area contributed by atoms with Gasteiger partial charge in [-0.15, -0.1) is 5.10 Å². The van der Waals surface area contributed by atoms with Gasteiger partial charge in [-0.2, -0.15) is 5.10 Å². The Kier molecular flexibility index (Phi) is 5.11. The number of ether oxygens (including phenoxy) is 1. The Labute approximate surface area is 125 Å². The van der Waals surface area contributed by atoms with Crippen molar-refractivity contribution < 1.29 is 9.84 Å². The first-order valence-corrected chi connectivity index (χ1v) is 6.94. The fourth-order valence-corrected chi connectivity index (χ4v) is 2.18. The van der Waals surface area contributed by atoms with Gasteiger partial charge < -0.3 is 14.7 Å². The van der Waals surface area contributed by atoms with Crippen LogP contribution in [0.15, 0.2) is 36.4 Å². The number of likely N-dealkylation sites (N-methyl/N-ethyl adjacent to an activating group) is 1. The van der Waals surface area contributed by atoms with E-state index in [0.717, 1.165) is 18.0 Å². The third-order valence-electron chi connectivity index (χ3n) is 3.60. The van der Waals surface area contributed by atoms with E-state index in [0.29, 0.717) is 5.69 Å². The van der Waals surface area contributed by atoms with Crippen LogP contribution >= 0.6 is 0 Å². The monoisotopic (exact) mass is 287 g/mol. The predicted octanol–water partition coefficient (Wildman–Crippen LogP) is 2.04. The van der Waals surface area contributed by atoms with Crippen molar-refractivity contribution in [3.63, 3.8) is 0 Å². The van der Waals surface area contributed by atoms with Gasteiger partial charge in [-0.25, -0.2) is 0 Å². The van der Waals surface area contributed by atoms with Crippen molar-refractivity contribution in [1.82, 2.24) is 10.2 Å². The molecule has 1 unspecified atom stereocenters. The molecule has 2 rings (SSSR count). The average molecular weight is 287 g/mol. The number of methoxy groups -OCH3 is 1. The Morgan fingerprint density at radius 1 is 1.19 bits per heavy atom. The minimum Gasteiger partial charge on any atom is -0.496 e. The average Bonchev–Trinajstić information content (AvgIpc) is 2.54. The standard InChI is InChI=1S/C16H21N3O2/c1-12(10-13-6-4-5-7-15(13)21-3)19(2)16-9-8-14(11-20)17-18-16/h4-9,12,20H,10-11H2,1-3H3. The molecule has 1 N–H and O–H groups in total. The van der Waals surface area contributed by atoms with Gasteiger partial charge in [-0.1, -0.05) is 18.2 Å². The number of hydrogen-bond acceptors (Lipinski definition) is 5. The lowest BCUT2D eigenvalue weighted by molar-refractivity contribution is 0.275. The van der Waals surface area contributed by atoms with Crippen molar-refractivity contribution in [2.75, 3.05) is 19.1 Å². The number of rotatable bonds is 6. The quantitative estimate of drug-likeness (QED) is 0.881. The van der Waals surface area contributed by atoms with E-state index in [1.807, 2.05) is 31.3 Å². The lowest BCUT2D eigenvalue weighted by Crippen LogP contribution is -2.31. The lowest BCUT2D eigenvalue weighted by Gasteiger charge is -2.26. The van der Waals surface area contributed by atoms with Gasteiger partial charge in [0.2, 0.25) is 0 Å². The Balaban J connectivity index is 2.09. The van der Waals surface area contributed by atoms with E-state index in [4.69, 9.17) is 9.84 Å². The molecular weight excluding hydrogens is 266 g/mol. The summed E-state index contributed by atoms with van der Waals surface area (Å²) in [5, 5.41) is 17.1. The molecule has 0 bridgehead atoms. The van der Waals surface area contributed by atoms with Crippen LogP contribution in [0, 0.1) is 0 Å². The Hall–Kier alpha value is -2.14. The molecule has 0 aliphatic carbocycles. The van der Waals surface area contributed by atoms with Crippen LogP contribution in [-0.2, 0) is 13.0 Å². The zero-order valence-corrected chi connectivity index (χ0v) is 12.7. The summed E-state index contributed by atoms with van der Waals surface area (Å²) in [6.45, 7) is 2.04. The predicted molar refractivity (Wildman–Crippen MR) is 82.5 cm³/mol. The van der Waals surface area contributed by atoms with E-state index in [1.165, 1.54) is 5.56 Å².